The Hall–Kier alpha value is -2.50. The van der Waals surface area contributed by atoms with E-state index in [9.17, 15) is 13.6 Å². The fourth-order valence-electron chi connectivity index (χ4n) is 1.93. The molecule has 0 aliphatic rings. The van der Waals surface area contributed by atoms with Crippen LogP contribution < -0.4 is 10.5 Å². The van der Waals surface area contributed by atoms with Crippen LogP contribution in [0.1, 0.15) is 17.7 Å². The molecule has 0 unspecified atom stereocenters. The Morgan fingerprint density at radius 3 is 2.45 bits per heavy atom. The number of carbonyl (C=O) groups is 1. The van der Waals surface area contributed by atoms with E-state index in [0.717, 1.165) is 0 Å². The summed E-state index contributed by atoms with van der Waals surface area (Å²) >= 11 is 0. The number of carbonyl (C=O) groups excluding carboxylic acids is 1. The van der Waals surface area contributed by atoms with Gasteiger partial charge in [0.2, 0.25) is 0 Å². The van der Waals surface area contributed by atoms with Crippen LogP contribution >= 0.6 is 0 Å². The smallest absolute Gasteiger partial charge is 0.409 e. The number of pyridine rings is 1. The first-order chi connectivity index (χ1) is 9.49. The number of alkyl halides is 2. The van der Waals surface area contributed by atoms with Gasteiger partial charge in [0, 0.05) is 11.8 Å². The lowest BCUT2D eigenvalue weighted by Crippen LogP contribution is -2.16. The molecule has 2 rings (SSSR count). The van der Waals surface area contributed by atoms with Crippen LogP contribution in [-0.2, 0) is 0 Å². The van der Waals surface area contributed by atoms with Gasteiger partial charge in [0.1, 0.15) is 11.4 Å². The molecule has 6 heteroatoms. The first-order valence-corrected chi connectivity index (χ1v) is 5.80. The van der Waals surface area contributed by atoms with Crippen molar-refractivity contribution in [3.8, 4) is 16.9 Å². The molecule has 2 aromatic rings. The highest BCUT2D eigenvalue weighted by Gasteiger charge is 2.17. The zero-order chi connectivity index (χ0) is 14.7. The Labute approximate surface area is 114 Å². The minimum Gasteiger partial charge on any atom is -0.411 e. The van der Waals surface area contributed by atoms with Crippen molar-refractivity contribution >= 4 is 6.09 Å². The fourth-order valence-corrected chi connectivity index (χ4v) is 1.93. The summed E-state index contributed by atoms with van der Waals surface area (Å²) in [6.07, 6.45) is -2.24. The highest BCUT2D eigenvalue weighted by atomic mass is 19.3. The van der Waals surface area contributed by atoms with E-state index in [4.69, 9.17) is 5.73 Å². The molecule has 0 bridgehead atoms. The van der Waals surface area contributed by atoms with Crippen LogP contribution in [-0.4, -0.2) is 11.1 Å². The van der Waals surface area contributed by atoms with Gasteiger partial charge in [0.05, 0.1) is 0 Å². The van der Waals surface area contributed by atoms with Gasteiger partial charge in [-0.1, -0.05) is 12.1 Å². The molecule has 20 heavy (non-hydrogen) atoms. The van der Waals surface area contributed by atoms with Crippen LogP contribution in [0.25, 0.3) is 11.1 Å². The second kappa shape index (κ2) is 5.64. The van der Waals surface area contributed by atoms with Gasteiger partial charge in [-0.15, -0.1) is 0 Å². The Kier molecular flexibility index (Phi) is 3.93. The summed E-state index contributed by atoms with van der Waals surface area (Å²) < 4.78 is 30.7. The molecule has 1 aromatic heterocycles. The van der Waals surface area contributed by atoms with Crippen molar-refractivity contribution in [2.24, 2.45) is 5.73 Å². The third kappa shape index (κ3) is 2.90. The predicted molar refractivity (Wildman–Crippen MR) is 69.6 cm³/mol. The normalized spacial score (nSPS) is 10.6. The number of amides is 1. The van der Waals surface area contributed by atoms with Gasteiger partial charge in [-0.25, -0.2) is 13.6 Å². The number of hydrogen-bond donors (Lipinski definition) is 1. The standard InChI is InChI=1S/C14H12F2N2O2/c1-8-6-7-18-12(13(15)16)11(8)9-2-4-10(5-3-9)20-14(17)19/h2-7,13H,1H3,(H2,17,19). The molecule has 0 fully saturated rings. The molecule has 0 radical (unpaired) electrons. The predicted octanol–water partition coefficient (Wildman–Crippen LogP) is 3.45. The molecule has 0 saturated heterocycles. The largest absolute Gasteiger partial charge is 0.411 e. The van der Waals surface area contributed by atoms with Crippen LogP contribution in [0.15, 0.2) is 36.5 Å². The topological polar surface area (TPSA) is 65.2 Å². The summed E-state index contributed by atoms with van der Waals surface area (Å²) in [6.45, 7) is 1.73. The number of primary amides is 1. The number of nitrogens with zero attached hydrogens (tertiary/aromatic N) is 1. The number of benzene rings is 1. The van der Waals surface area contributed by atoms with Crippen LogP contribution in [0, 0.1) is 6.92 Å². The summed E-state index contributed by atoms with van der Waals surface area (Å²) in [4.78, 5) is 14.3. The van der Waals surface area contributed by atoms with Gasteiger partial charge in [-0.2, -0.15) is 0 Å². The number of nitrogens with two attached hydrogens (primary N) is 1. The number of aromatic nitrogens is 1. The minimum atomic E-state index is -2.66. The van der Waals surface area contributed by atoms with Crippen LogP contribution in [0.4, 0.5) is 13.6 Å². The average Bonchev–Trinajstić information content (AvgIpc) is 2.39. The second-order valence-corrected chi connectivity index (χ2v) is 4.13. The lowest BCUT2D eigenvalue weighted by Gasteiger charge is -2.11. The lowest BCUT2D eigenvalue weighted by atomic mass is 9.99. The molecule has 1 amide bonds. The molecule has 0 spiro atoms. The average molecular weight is 278 g/mol. The van der Waals surface area contributed by atoms with E-state index < -0.39 is 12.5 Å². The quantitative estimate of drug-likeness (QED) is 0.935. The highest BCUT2D eigenvalue weighted by molar-refractivity contribution is 5.72. The molecule has 0 aliphatic heterocycles. The van der Waals surface area contributed by atoms with Crippen LogP contribution in [0.3, 0.4) is 0 Å². The third-order valence-corrected chi connectivity index (χ3v) is 2.76. The van der Waals surface area contributed by atoms with E-state index in [0.29, 0.717) is 16.7 Å². The molecule has 0 saturated carbocycles. The summed E-state index contributed by atoms with van der Waals surface area (Å²) in [5, 5.41) is 0. The molecule has 4 nitrogen and oxygen atoms in total. The van der Waals surface area contributed by atoms with Crippen molar-refractivity contribution in [1.82, 2.24) is 4.98 Å². The van der Waals surface area contributed by atoms with Gasteiger partial charge in [0.15, 0.2) is 0 Å². The Bertz CT molecular complexity index is 628. The Morgan fingerprint density at radius 1 is 1.25 bits per heavy atom. The second-order valence-electron chi connectivity index (χ2n) is 4.13. The monoisotopic (exact) mass is 278 g/mol. The fraction of sp³-hybridized carbons (Fsp3) is 0.143. The van der Waals surface area contributed by atoms with Crippen LogP contribution in [0.2, 0.25) is 0 Å². The van der Waals surface area contributed by atoms with Crippen molar-refractivity contribution in [2.75, 3.05) is 0 Å². The van der Waals surface area contributed by atoms with Gasteiger partial charge in [-0.05, 0) is 36.2 Å². The molecular formula is C14H12F2N2O2. The van der Waals surface area contributed by atoms with Crippen molar-refractivity contribution in [3.05, 3.63) is 47.8 Å². The number of halogens is 2. The summed E-state index contributed by atoms with van der Waals surface area (Å²) in [7, 11) is 0. The molecule has 1 heterocycles. The minimum absolute atomic E-state index is 0.251. The molecule has 1 aromatic carbocycles. The number of rotatable bonds is 3. The van der Waals surface area contributed by atoms with E-state index in [1.807, 2.05) is 0 Å². The summed E-state index contributed by atoms with van der Waals surface area (Å²) in [6, 6.07) is 7.79. The van der Waals surface area contributed by atoms with Crippen molar-refractivity contribution in [2.45, 2.75) is 13.3 Å². The zero-order valence-corrected chi connectivity index (χ0v) is 10.6. The first-order valence-electron chi connectivity index (χ1n) is 5.80. The number of ether oxygens (including phenoxy) is 1. The summed E-state index contributed by atoms with van der Waals surface area (Å²) in [5.41, 5.74) is 6.27. The summed E-state index contributed by atoms with van der Waals surface area (Å²) in [5.74, 6) is 0.251. The molecular weight excluding hydrogens is 266 g/mol. The van der Waals surface area contributed by atoms with Crippen molar-refractivity contribution < 1.29 is 18.3 Å². The van der Waals surface area contributed by atoms with Crippen molar-refractivity contribution in [1.29, 1.82) is 0 Å². The molecule has 104 valence electrons. The van der Waals surface area contributed by atoms with E-state index in [1.165, 1.54) is 18.3 Å². The molecule has 0 atom stereocenters. The zero-order valence-electron chi connectivity index (χ0n) is 10.6. The maximum Gasteiger partial charge on any atom is 0.409 e. The lowest BCUT2D eigenvalue weighted by molar-refractivity contribution is 0.146. The van der Waals surface area contributed by atoms with Gasteiger partial charge >= 0.3 is 6.09 Å². The van der Waals surface area contributed by atoms with E-state index in [2.05, 4.69) is 9.72 Å². The Morgan fingerprint density at radius 2 is 1.90 bits per heavy atom. The highest BCUT2D eigenvalue weighted by Crippen LogP contribution is 2.32. The molecule has 2 N–H and O–H groups in total. The molecule has 0 aliphatic carbocycles. The SMILES string of the molecule is Cc1ccnc(C(F)F)c1-c1ccc(OC(N)=O)cc1. The van der Waals surface area contributed by atoms with E-state index in [1.54, 1.807) is 25.1 Å². The van der Waals surface area contributed by atoms with Crippen molar-refractivity contribution in [3.63, 3.8) is 0 Å². The van der Waals surface area contributed by atoms with E-state index >= 15 is 0 Å². The number of hydrogen-bond acceptors (Lipinski definition) is 3. The maximum absolute atomic E-state index is 13.0. The first kappa shape index (κ1) is 13.9. The Balaban J connectivity index is 2.44. The van der Waals surface area contributed by atoms with Gasteiger partial charge in [0.25, 0.3) is 6.43 Å². The number of aryl methyl sites for hydroxylation is 1. The van der Waals surface area contributed by atoms with Gasteiger partial charge < -0.3 is 10.5 Å². The van der Waals surface area contributed by atoms with Gasteiger partial charge in [-0.3, -0.25) is 4.98 Å². The third-order valence-electron chi connectivity index (χ3n) is 2.76. The van der Waals surface area contributed by atoms with Crippen LogP contribution in [0.5, 0.6) is 5.75 Å². The van der Waals surface area contributed by atoms with E-state index in [-0.39, 0.29) is 11.4 Å². The maximum atomic E-state index is 13.0.